The van der Waals surface area contributed by atoms with Gasteiger partial charge in [0.25, 0.3) is 0 Å². The van der Waals surface area contributed by atoms with E-state index in [-0.39, 0.29) is 5.97 Å². The van der Waals surface area contributed by atoms with Crippen LogP contribution >= 0.6 is 22.6 Å². The minimum absolute atomic E-state index is 0.292. The highest BCUT2D eigenvalue weighted by atomic mass is 127. The largest absolute Gasteiger partial charge is 0.422 e. The Bertz CT molecular complexity index is 649. The number of para-hydroxylation sites is 1. The molecule has 2 nitrogen and oxygen atoms in total. The molecule has 0 amide bonds. The molecule has 22 heavy (non-hydrogen) atoms. The number of ether oxygens (including phenoxy) is 1. The van der Waals surface area contributed by atoms with Gasteiger partial charge in [-0.25, -0.2) is 4.79 Å². The molecule has 2 aromatic rings. The van der Waals surface area contributed by atoms with Crippen LogP contribution in [0, 0.1) is 3.57 Å². The molecule has 2 aromatic carbocycles. The molecule has 3 heteroatoms. The molecule has 0 aliphatic rings. The van der Waals surface area contributed by atoms with Gasteiger partial charge < -0.3 is 4.74 Å². The molecule has 116 valence electrons. The molecule has 0 aliphatic heterocycles. The summed E-state index contributed by atoms with van der Waals surface area (Å²) >= 11 is 2.16. The molecule has 0 spiro atoms. The van der Waals surface area contributed by atoms with Gasteiger partial charge >= 0.3 is 5.97 Å². The van der Waals surface area contributed by atoms with Gasteiger partial charge in [0.1, 0.15) is 5.75 Å². The Morgan fingerprint density at radius 2 is 1.45 bits per heavy atom. The number of hydrogen-bond donors (Lipinski definition) is 0. The van der Waals surface area contributed by atoms with Crippen LogP contribution in [0.2, 0.25) is 0 Å². The molecule has 0 fully saturated rings. The summed E-state index contributed by atoms with van der Waals surface area (Å²) in [4.78, 5) is 12.6. The van der Waals surface area contributed by atoms with E-state index in [4.69, 9.17) is 4.74 Å². The van der Waals surface area contributed by atoms with Crippen LogP contribution in [0.5, 0.6) is 5.75 Å². The smallest absolute Gasteiger partial charge is 0.344 e. The number of rotatable bonds is 4. The average Bonchev–Trinajstić information content (AvgIpc) is 2.47. The highest BCUT2D eigenvalue weighted by molar-refractivity contribution is 14.1. The van der Waals surface area contributed by atoms with Gasteiger partial charge in [0.2, 0.25) is 0 Å². The first kappa shape index (κ1) is 17.0. The Morgan fingerprint density at radius 3 is 1.95 bits per heavy atom. The summed E-state index contributed by atoms with van der Waals surface area (Å²) in [6.45, 7) is 8.46. The van der Waals surface area contributed by atoms with Crippen molar-refractivity contribution in [1.82, 2.24) is 0 Å². The van der Waals surface area contributed by atoms with Crippen LogP contribution in [0.3, 0.4) is 0 Å². The Labute approximate surface area is 146 Å². The van der Waals surface area contributed by atoms with E-state index < -0.39 is 0 Å². The molecular weight excluding hydrogens is 387 g/mol. The fourth-order valence-corrected chi connectivity index (χ4v) is 2.98. The number of carbonyl (C=O) groups is 1. The number of esters is 1. The summed E-state index contributed by atoms with van der Waals surface area (Å²) in [5.41, 5.74) is 2.76. The summed E-state index contributed by atoms with van der Waals surface area (Å²) < 4.78 is 6.72. The van der Waals surface area contributed by atoms with Crippen molar-refractivity contribution in [3.63, 3.8) is 0 Å². The molecule has 2 rings (SSSR count). The lowest BCUT2D eigenvalue weighted by molar-refractivity contribution is 0.0729. The van der Waals surface area contributed by atoms with Gasteiger partial charge in [-0.15, -0.1) is 0 Å². The van der Waals surface area contributed by atoms with E-state index in [0.717, 1.165) is 20.4 Å². The van der Waals surface area contributed by atoms with Gasteiger partial charge in [-0.3, -0.25) is 0 Å². The molecule has 0 saturated carbocycles. The molecule has 0 heterocycles. The molecule has 0 bridgehead atoms. The Kier molecular flexibility index (Phi) is 5.62. The maximum absolute atomic E-state index is 12.6. The van der Waals surface area contributed by atoms with E-state index in [1.807, 2.05) is 36.4 Å². The van der Waals surface area contributed by atoms with E-state index >= 15 is 0 Å². The fourth-order valence-electron chi connectivity index (χ4n) is 2.38. The van der Waals surface area contributed by atoms with E-state index in [9.17, 15) is 4.79 Å². The Morgan fingerprint density at radius 1 is 0.909 bits per heavy atom. The molecule has 0 aromatic heterocycles. The van der Waals surface area contributed by atoms with Gasteiger partial charge in [-0.05, 0) is 57.7 Å². The zero-order valence-corrected chi connectivity index (χ0v) is 15.5. The van der Waals surface area contributed by atoms with Crippen molar-refractivity contribution < 1.29 is 9.53 Å². The standard InChI is InChI=1S/C19H21IO2/c1-12(2)14-9-7-10-15(13(3)4)18(14)22-19(21)16-8-5-6-11-17(16)20/h5-13H,1-4H3. The van der Waals surface area contributed by atoms with Gasteiger partial charge in [0.15, 0.2) is 0 Å². The van der Waals surface area contributed by atoms with Gasteiger partial charge in [-0.2, -0.15) is 0 Å². The monoisotopic (exact) mass is 408 g/mol. The minimum atomic E-state index is -0.292. The lowest BCUT2D eigenvalue weighted by atomic mass is 9.94. The number of benzene rings is 2. The van der Waals surface area contributed by atoms with E-state index in [1.54, 1.807) is 6.07 Å². The fraction of sp³-hybridized carbons (Fsp3) is 0.316. The second-order valence-electron chi connectivity index (χ2n) is 5.94. The molecule has 0 atom stereocenters. The molecule has 0 unspecified atom stereocenters. The summed E-state index contributed by atoms with van der Waals surface area (Å²) in [6, 6.07) is 13.6. The van der Waals surface area contributed by atoms with E-state index in [1.165, 1.54) is 0 Å². The second-order valence-corrected chi connectivity index (χ2v) is 7.11. The maximum Gasteiger partial charge on any atom is 0.344 e. The summed E-state index contributed by atoms with van der Waals surface area (Å²) in [7, 11) is 0. The molecule has 0 radical (unpaired) electrons. The minimum Gasteiger partial charge on any atom is -0.422 e. The predicted molar refractivity (Wildman–Crippen MR) is 98.7 cm³/mol. The second kappa shape index (κ2) is 7.27. The molecule has 0 aliphatic carbocycles. The highest BCUT2D eigenvalue weighted by Crippen LogP contribution is 2.35. The van der Waals surface area contributed by atoms with Crippen molar-refractivity contribution in [2.24, 2.45) is 0 Å². The van der Waals surface area contributed by atoms with Crippen LogP contribution in [-0.4, -0.2) is 5.97 Å². The van der Waals surface area contributed by atoms with Crippen molar-refractivity contribution in [3.05, 3.63) is 62.7 Å². The van der Waals surface area contributed by atoms with Crippen LogP contribution in [-0.2, 0) is 0 Å². The van der Waals surface area contributed by atoms with E-state index in [2.05, 4.69) is 50.3 Å². The third kappa shape index (κ3) is 3.69. The topological polar surface area (TPSA) is 26.3 Å². The number of carbonyl (C=O) groups excluding carboxylic acids is 1. The van der Waals surface area contributed by atoms with Gasteiger partial charge in [-0.1, -0.05) is 58.0 Å². The van der Waals surface area contributed by atoms with Crippen molar-refractivity contribution >= 4 is 28.6 Å². The van der Waals surface area contributed by atoms with Crippen LogP contribution < -0.4 is 4.74 Å². The lowest BCUT2D eigenvalue weighted by Crippen LogP contribution is -2.13. The first-order valence-corrected chi connectivity index (χ1v) is 8.59. The van der Waals surface area contributed by atoms with E-state index in [0.29, 0.717) is 17.4 Å². The normalized spacial score (nSPS) is 11.0. The number of hydrogen-bond acceptors (Lipinski definition) is 2. The first-order chi connectivity index (χ1) is 10.4. The highest BCUT2D eigenvalue weighted by Gasteiger charge is 2.19. The van der Waals surface area contributed by atoms with Crippen LogP contribution in [0.15, 0.2) is 42.5 Å². The van der Waals surface area contributed by atoms with Crippen LogP contribution in [0.1, 0.15) is 61.0 Å². The van der Waals surface area contributed by atoms with Crippen molar-refractivity contribution in [3.8, 4) is 5.75 Å². The third-order valence-corrected chi connectivity index (χ3v) is 4.55. The van der Waals surface area contributed by atoms with Crippen molar-refractivity contribution in [2.45, 2.75) is 39.5 Å². The average molecular weight is 408 g/mol. The number of halogens is 1. The van der Waals surface area contributed by atoms with Gasteiger partial charge in [0, 0.05) is 3.57 Å². The molecular formula is C19H21IO2. The maximum atomic E-state index is 12.6. The molecule has 0 saturated heterocycles. The zero-order valence-electron chi connectivity index (χ0n) is 13.4. The van der Waals surface area contributed by atoms with Crippen LogP contribution in [0.4, 0.5) is 0 Å². The Hall–Kier alpha value is -1.36. The predicted octanol–water partition coefficient (Wildman–Crippen LogP) is 5.76. The third-order valence-electron chi connectivity index (χ3n) is 3.61. The zero-order chi connectivity index (χ0) is 16.3. The van der Waals surface area contributed by atoms with Gasteiger partial charge in [0.05, 0.1) is 5.56 Å². The van der Waals surface area contributed by atoms with Crippen molar-refractivity contribution in [1.29, 1.82) is 0 Å². The Balaban J connectivity index is 2.44. The quantitative estimate of drug-likeness (QED) is 0.366. The molecule has 0 N–H and O–H groups in total. The van der Waals surface area contributed by atoms with Crippen LogP contribution in [0.25, 0.3) is 0 Å². The SMILES string of the molecule is CC(C)c1cccc(C(C)C)c1OC(=O)c1ccccc1I. The first-order valence-electron chi connectivity index (χ1n) is 7.51. The summed E-state index contributed by atoms with van der Waals surface area (Å²) in [5, 5.41) is 0. The summed E-state index contributed by atoms with van der Waals surface area (Å²) in [5.74, 6) is 1.03. The lowest BCUT2D eigenvalue weighted by Gasteiger charge is -2.19. The summed E-state index contributed by atoms with van der Waals surface area (Å²) in [6.07, 6.45) is 0. The van der Waals surface area contributed by atoms with Crippen molar-refractivity contribution in [2.75, 3.05) is 0 Å².